The Hall–Kier alpha value is -2.06. The second kappa shape index (κ2) is 6.03. The second-order valence-electron chi connectivity index (χ2n) is 6.55. The van der Waals surface area contributed by atoms with Gasteiger partial charge in [-0.2, -0.15) is 0 Å². The number of nitrogens with one attached hydrogen (secondary N) is 1. The minimum atomic E-state index is -1.17. The molecule has 0 saturated carbocycles. The average molecular weight is 363 g/mol. The first-order chi connectivity index (χ1) is 11.8. The molecule has 0 bridgehead atoms. The van der Waals surface area contributed by atoms with Crippen LogP contribution in [0.3, 0.4) is 0 Å². The average Bonchev–Trinajstić information content (AvgIpc) is 2.62. The van der Waals surface area contributed by atoms with Gasteiger partial charge in [-0.1, -0.05) is 30.3 Å². The normalized spacial score (nSPS) is 33.9. The zero-order valence-corrected chi connectivity index (χ0v) is 15.1. The summed E-state index contributed by atoms with van der Waals surface area (Å²) in [6.45, 7) is 3.24. The molecule has 2 fully saturated rings. The lowest BCUT2D eigenvalue weighted by molar-refractivity contribution is -0.164. The summed E-state index contributed by atoms with van der Waals surface area (Å²) >= 11 is 1.32. The topological polar surface area (TPSA) is 102 Å². The number of carbonyl (C=O) groups excluding carboxylic acids is 3. The lowest BCUT2D eigenvalue weighted by Crippen LogP contribution is -2.77. The lowest BCUT2D eigenvalue weighted by atomic mass is 9.75. The monoisotopic (exact) mass is 363 g/mol. The molecule has 25 heavy (non-hydrogen) atoms. The Labute approximate surface area is 150 Å². The largest absolute Gasteiger partial charge is 0.468 e. The van der Waals surface area contributed by atoms with Gasteiger partial charge in [0.25, 0.3) is 0 Å². The smallest absolute Gasteiger partial charge is 0.317 e. The maximum Gasteiger partial charge on any atom is 0.317 e. The van der Waals surface area contributed by atoms with Gasteiger partial charge in [-0.15, -0.1) is 11.8 Å². The number of methoxy groups -OCH3 is 1. The summed E-state index contributed by atoms with van der Waals surface area (Å²) < 4.78 is 5.05. The number of carbonyl (C=O) groups is 3. The van der Waals surface area contributed by atoms with Crippen molar-refractivity contribution >= 4 is 29.5 Å². The third-order valence-corrected chi connectivity index (χ3v) is 6.84. The van der Waals surface area contributed by atoms with Gasteiger partial charge < -0.3 is 20.7 Å². The summed E-state index contributed by atoms with van der Waals surface area (Å²) in [5.74, 6) is -0.972. The molecule has 2 aliphatic rings. The minimum Gasteiger partial charge on any atom is -0.468 e. The fourth-order valence-corrected chi connectivity index (χ4v) is 5.41. The van der Waals surface area contributed by atoms with Crippen molar-refractivity contribution in [3.63, 3.8) is 0 Å². The number of thioether (sulfide) groups is 1. The molecule has 3 unspecified atom stereocenters. The number of β-lactam (4-membered cyclic amide) rings is 1. The van der Waals surface area contributed by atoms with E-state index in [0.717, 1.165) is 5.56 Å². The Bertz CT molecular complexity index is 728. The maximum absolute atomic E-state index is 12.8. The molecular formula is C17H21N3O4S. The summed E-state index contributed by atoms with van der Waals surface area (Å²) in [5, 5.41) is 2.66. The Morgan fingerprint density at radius 2 is 2.00 bits per heavy atom. The molecule has 2 amide bonds. The van der Waals surface area contributed by atoms with E-state index in [4.69, 9.17) is 10.5 Å². The van der Waals surface area contributed by atoms with Gasteiger partial charge in [-0.3, -0.25) is 14.4 Å². The highest BCUT2D eigenvalue weighted by Crippen LogP contribution is 2.57. The number of esters is 1. The fourth-order valence-electron chi connectivity index (χ4n) is 3.60. The van der Waals surface area contributed by atoms with E-state index in [2.05, 4.69) is 5.32 Å². The third-order valence-electron chi connectivity index (χ3n) is 4.91. The zero-order chi connectivity index (χ0) is 18.4. The van der Waals surface area contributed by atoms with Crippen molar-refractivity contribution < 1.29 is 19.1 Å². The van der Waals surface area contributed by atoms with E-state index in [9.17, 15) is 14.4 Å². The van der Waals surface area contributed by atoms with Crippen LogP contribution in [0, 0.1) is 5.41 Å². The molecule has 2 heterocycles. The Balaban J connectivity index is 2.18. The van der Waals surface area contributed by atoms with E-state index < -0.39 is 22.3 Å². The third kappa shape index (κ3) is 2.43. The van der Waals surface area contributed by atoms with Gasteiger partial charge in [0.15, 0.2) is 0 Å². The number of amides is 2. The predicted octanol–water partition coefficient (Wildman–Crippen LogP) is 0.397. The molecule has 0 spiro atoms. The van der Waals surface area contributed by atoms with Crippen LogP contribution in [-0.4, -0.2) is 47.8 Å². The summed E-state index contributed by atoms with van der Waals surface area (Å²) in [6.07, 6.45) is 0. The number of nitrogens with zero attached hydrogens (tertiary/aromatic N) is 1. The van der Waals surface area contributed by atoms with Crippen molar-refractivity contribution in [2.45, 2.75) is 30.1 Å². The molecule has 3 N–H and O–H groups in total. The molecule has 7 nitrogen and oxygen atoms in total. The van der Waals surface area contributed by atoms with Gasteiger partial charge >= 0.3 is 5.97 Å². The summed E-state index contributed by atoms with van der Waals surface area (Å²) in [5.41, 5.74) is 5.55. The van der Waals surface area contributed by atoms with Crippen molar-refractivity contribution in [2.24, 2.45) is 11.1 Å². The van der Waals surface area contributed by atoms with E-state index >= 15 is 0 Å². The summed E-state index contributed by atoms with van der Waals surface area (Å²) in [6, 6.07) is 8.60. The van der Waals surface area contributed by atoms with Gasteiger partial charge in [-0.05, 0) is 12.5 Å². The first kappa shape index (κ1) is 17.8. The standard InChI is InChI=1S/C17H21N3O4S/c1-10(21)19-17(11-7-5-4-6-8-11)16(2,15(23)24-3)9-20-13(22)12(18)14(20)25-17/h4-8,12,14H,9,18H2,1-3H3,(H,19,21)/t12?,14-,16?,17?/m1/s1. The number of hydrogen-bond acceptors (Lipinski definition) is 6. The van der Waals surface area contributed by atoms with E-state index in [-0.39, 0.29) is 23.7 Å². The highest BCUT2D eigenvalue weighted by atomic mass is 32.2. The van der Waals surface area contributed by atoms with Crippen LogP contribution < -0.4 is 11.1 Å². The number of ether oxygens (including phenoxy) is 1. The van der Waals surface area contributed by atoms with Crippen LogP contribution in [0.2, 0.25) is 0 Å². The summed E-state index contributed by atoms with van der Waals surface area (Å²) in [7, 11) is 1.30. The molecule has 1 aromatic carbocycles. The highest BCUT2D eigenvalue weighted by Gasteiger charge is 2.66. The fraction of sp³-hybridized carbons (Fsp3) is 0.471. The first-order valence-corrected chi connectivity index (χ1v) is 8.81. The molecular weight excluding hydrogens is 342 g/mol. The van der Waals surface area contributed by atoms with Crippen molar-refractivity contribution in [1.82, 2.24) is 10.2 Å². The van der Waals surface area contributed by atoms with Gasteiger partial charge in [0, 0.05) is 13.5 Å². The van der Waals surface area contributed by atoms with Gasteiger partial charge in [0.05, 0.1) is 7.11 Å². The van der Waals surface area contributed by atoms with Crippen molar-refractivity contribution in [1.29, 1.82) is 0 Å². The number of rotatable bonds is 3. The molecule has 2 aliphatic heterocycles. The SMILES string of the molecule is COC(=O)C1(C)CN2C(=O)C(N)[C@H]2SC1(NC(C)=O)c1ccccc1. The van der Waals surface area contributed by atoms with Crippen molar-refractivity contribution in [2.75, 3.05) is 13.7 Å². The van der Waals surface area contributed by atoms with Crippen molar-refractivity contribution in [3.8, 4) is 0 Å². The molecule has 0 aromatic heterocycles. The molecule has 134 valence electrons. The van der Waals surface area contributed by atoms with Crippen LogP contribution in [0.1, 0.15) is 19.4 Å². The lowest BCUT2D eigenvalue weighted by Gasteiger charge is -2.60. The van der Waals surface area contributed by atoms with Crippen LogP contribution in [0.4, 0.5) is 0 Å². The van der Waals surface area contributed by atoms with Gasteiger partial charge in [0.1, 0.15) is 21.7 Å². The maximum atomic E-state index is 12.8. The van der Waals surface area contributed by atoms with Gasteiger partial charge in [-0.25, -0.2) is 0 Å². The quantitative estimate of drug-likeness (QED) is 0.595. The molecule has 4 atom stereocenters. The Kier molecular flexibility index (Phi) is 4.28. The highest BCUT2D eigenvalue weighted by molar-refractivity contribution is 8.01. The van der Waals surface area contributed by atoms with Crippen LogP contribution in [-0.2, 0) is 24.0 Å². The van der Waals surface area contributed by atoms with Crippen LogP contribution >= 0.6 is 11.8 Å². The first-order valence-electron chi connectivity index (χ1n) is 7.93. The van der Waals surface area contributed by atoms with Crippen LogP contribution in [0.25, 0.3) is 0 Å². The Morgan fingerprint density at radius 3 is 2.56 bits per heavy atom. The number of nitrogens with two attached hydrogens (primary N) is 1. The molecule has 0 radical (unpaired) electrons. The van der Waals surface area contributed by atoms with E-state index in [1.807, 2.05) is 30.3 Å². The minimum absolute atomic E-state index is 0.124. The molecule has 0 aliphatic carbocycles. The van der Waals surface area contributed by atoms with Crippen molar-refractivity contribution in [3.05, 3.63) is 35.9 Å². The van der Waals surface area contributed by atoms with Crippen LogP contribution in [0.15, 0.2) is 30.3 Å². The number of benzene rings is 1. The van der Waals surface area contributed by atoms with E-state index in [0.29, 0.717) is 0 Å². The molecule has 2 saturated heterocycles. The predicted molar refractivity (Wildman–Crippen MR) is 93.1 cm³/mol. The Morgan fingerprint density at radius 1 is 1.36 bits per heavy atom. The number of fused-ring (bicyclic) bond motifs is 1. The second-order valence-corrected chi connectivity index (χ2v) is 7.88. The summed E-state index contributed by atoms with van der Waals surface area (Å²) in [4.78, 5) is 37.4. The zero-order valence-electron chi connectivity index (χ0n) is 14.3. The van der Waals surface area contributed by atoms with E-state index in [1.54, 1.807) is 11.8 Å². The molecule has 1 aromatic rings. The van der Waals surface area contributed by atoms with Gasteiger partial charge in [0.2, 0.25) is 11.8 Å². The number of hydrogen-bond donors (Lipinski definition) is 2. The van der Waals surface area contributed by atoms with Crippen LogP contribution in [0.5, 0.6) is 0 Å². The van der Waals surface area contributed by atoms with E-state index in [1.165, 1.54) is 25.8 Å². The molecule has 8 heteroatoms. The molecule has 3 rings (SSSR count).